The normalized spacial score (nSPS) is 12.5. The maximum absolute atomic E-state index is 13.7. The van der Waals surface area contributed by atoms with Crippen molar-refractivity contribution in [3.05, 3.63) is 72.2 Å². The van der Waals surface area contributed by atoms with Crippen LogP contribution < -0.4 is 4.74 Å². The van der Waals surface area contributed by atoms with Crippen molar-refractivity contribution in [3.63, 3.8) is 0 Å². The molecule has 0 fully saturated rings. The summed E-state index contributed by atoms with van der Waals surface area (Å²) >= 11 is 0. The number of hydrogen-bond donors (Lipinski definition) is 1. The second kappa shape index (κ2) is 7.26. The van der Waals surface area contributed by atoms with E-state index >= 15 is 0 Å². The number of ether oxygens (including phenoxy) is 1. The van der Waals surface area contributed by atoms with Gasteiger partial charge in [-0.1, -0.05) is 12.1 Å². The van der Waals surface area contributed by atoms with Gasteiger partial charge in [-0.15, -0.1) is 0 Å². The van der Waals surface area contributed by atoms with Crippen LogP contribution >= 0.6 is 0 Å². The fourth-order valence-electron chi connectivity index (χ4n) is 3.91. The standard InChI is InChI=1S/C23H20FN5O/c1-14(22-15(11-24)5-7-20-18(22)4-3-9-25-20)30-17-6-8-21-19(10-17)23(28-27-21)16-12-26-29(2)13-16/h3-10,12-14H,11H2,1-2H3,(H,27,28). The summed E-state index contributed by atoms with van der Waals surface area (Å²) in [6.45, 7) is 1.38. The summed E-state index contributed by atoms with van der Waals surface area (Å²) in [5, 5.41) is 13.6. The molecule has 6 nitrogen and oxygen atoms in total. The van der Waals surface area contributed by atoms with Crippen molar-refractivity contribution >= 4 is 21.8 Å². The van der Waals surface area contributed by atoms with E-state index in [1.807, 2.05) is 56.6 Å². The number of alkyl halides is 1. The predicted molar refractivity (Wildman–Crippen MR) is 114 cm³/mol. The highest BCUT2D eigenvalue weighted by Gasteiger charge is 2.18. The summed E-state index contributed by atoms with van der Waals surface area (Å²) in [5.74, 6) is 0.687. The van der Waals surface area contributed by atoms with Gasteiger partial charge in [-0.2, -0.15) is 10.2 Å². The van der Waals surface area contributed by atoms with E-state index in [1.54, 1.807) is 23.1 Å². The number of benzene rings is 2. The number of aryl methyl sites for hydroxylation is 1. The summed E-state index contributed by atoms with van der Waals surface area (Å²) < 4.78 is 21.7. The molecule has 0 aliphatic rings. The van der Waals surface area contributed by atoms with E-state index in [-0.39, 0.29) is 6.10 Å². The molecule has 3 heterocycles. The Kier molecular flexibility index (Phi) is 4.43. The zero-order chi connectivity index (χ0) is 20.7. The van der Waals surface area contributed by atoms with E-state index in [2.05, 4.69) is 20.3 Å². The summed E-state index contributed by atoms with van der Waals surface area (Å²) in [4.78, 5) is 4.39. The minimum Gasteiger partial charge on any atom is -0.486 e. The first-order valence-electron chi connectivity index (χ1n) is 9.70. The Morgan fingerprint density at radius 2 is 2.07 bits per heavy atom. The average Bonchev–Trinajstić information content (AvgIpc) is 3.38. The first kappa shape index (κ1) is 18.3. The summed E-state index contributed by atoms with van der Waals surface area (Å²) in [6, 6.07) is 13.2. The molecule has 0 spiro atoms. The maximum atomic E-state index is 13.7. The topological polar surface area (TPSA) is 68.6 Å². The third-order valence-electron chi connectivity index (χ3n) is 5.29. The van der Waals surface area contributed by atoms with Gasteiger partial charge in [-0.3, -0.25) is 14.8 Å². The molecule has 1 atom stereocenters. The van der Waals surface area contributed by atoms with Crippen molar-refractivity contribution < 1.29 is 9.13 Å². The predicted octanol–water partition coefficient (Wildman–Crippen LogP) is 5.12. The molecule has 5 rings (SSSR count). The Morgan fingerprint density at radius 1 is 1.17 bits per heavy atom. The molecule has 30 heavy (non-hydrogen) atoms. The quantitative estimate of drug-likeness (QED) is 0.444. The Balaban J connectivity index is 1.54. The lowest BCUT2D eigenvalue weighted by Gasteiger charge is -2.19. The first-order chi connectivity index (χ1) is 14.6. The van der Waals surface area contributed by atoms with Crippen LogP contribution in [-0.4, -0.2) is 25.0 Å². The van der Waals surface area contributed by atoms with Gasteiger partial charge < -0.3 is 4.74 Å². The van der Waals surface area contributed by atoms with Crippen molar-refractivity contribution in [1.29, 1.82) is 0 Å². The number of fused-ring (bicyclic) bond motifs is 2. The molecule has 150 valence electrons. The van der Waals surface area contributed by atoms with E-state index in [9.17, 15) is 4.39 Å². The van der Waals surface area contributed by atoms with E-state index < -0.39 is 6.67 Å². The molecule has 7 heteroatoms. The average molecular weight is 401 g/mol. The van der Waals surface area contributed by atoms with Gasteiger partial charge in [0.2, 0.25) is 0 Å². The van der Waals surface area contributed by atoms with Crippen molar-refractivity contribution in [2.75, 3.05) is 0 Å². The van der Waals surface area contributed by atoms with Gasteiger partial charge in [0.25, 0.3) is 0 Å². The lowest BCUT2D eigenvalue weighted by Crippen LogP contribution is -2.07. The smallest absolute Gasteiger partial charge is 0.122 e. The second-order valence-corrected chi connectivity index (χ2v) is 7.28. The van der Waals surface area contributed by atoms with Crippen LogP contribution in [0, 0.1) is 0 Å². The highest BCUT2D eigenvalue weighted by Crippen LogP contribution is 2.34. The number of aromatic nitrogens is 5. The largest absolute Gasteiger partial charge is 0.486 e. The van der Waals surface area contributed by atoms with Gasteiger partial charge in [0.1, 0.15) is 24.2 Å². The van der Waals surface area contributed by atoms with Crippen molar-refractivity contribution in [2.24, 2.45) is 7.05 Å². The number of halogens is 1. The SMILES string of the molecule is CC(Oc1ccc2[nH]nc(-c3cnn(C)c3)c2c1)c1c(CF)ccc2ncccc12. The number of nitrogens with one attached hydrogen (secondary N) is 1. The van der Waals surface area contributed by atoms with E-state index in [0.29, 0.717) is 11.3 Å². The fourth-order valence-corrected chi connectivity index (χ4v) is 3.91. The van der Waals surface area contributed by atoms with Crippen LogP contribution in [0.2, 0.25) is 0 Å². The van der Waals surface area contributed by atoms with Crippen LogP contribution in [-0.2, 0) is 13.7 Å². The van der Waals surface area contributed by atoms with E-state index in [4.69, 9.17) is 4.74 Å². The monoisotopic (exact) mass is 401 g/mol. The number of H-pyrrole nitrogens is 1. The van der Waals surface area contributed by atoms with Crippen LogP contribution in [0.15, 0.2) is 61.1 Å². The molecule has 0 bridgehead atoms. The zero-order valence-electron chi connectivity index (χ0n) is 16.6. The maximum Gasteiger partial charge on any atom is 0.122 e. The van der Waals surface area contributed by atoms with Gasteiger partial charge in [-0.05, 0) is 42.8 Å². The first-order valence-corrected chi connectivity index (χ1v) is 9.70. The lowest BCUT2D eigenvalue weighted by atomic mass is 9.98. The molecule has 0 radical (unpaired) electrons. The Hall–Kier alpha value is -3.74. The van der Waals surface area contributed by atoms with Gasteiger partial charge >= 0.3 is 0 Å². The third kappa shape index (κ3) is 3.08. The minimum atomic E-state index is -0.556. The Morgan fingerprint density at radius 3 is 2.87 bits per heavy atom. The Bertz CT molecular complexity index is 1360. The van der Waals surface area contributed by atoms with Gasteiger partial charge in [-0.25, -0.2) is 4.39 Å². The van der Waals surface area contributed by atoms with E-state index in [0.717, 1.165) is 38.6 Å². The van der Waals surface area contributed by atoms with Crippen LogP contribution in [0.1, 0.15) is 24.2 Å². The van der Waals surface area contributed by atoms with Crippen LogP contribution in [0.5, 0.6) is 5.75 Å². The number of rotatable bonds is 5. The highest BCUT2D eigenvalue weighted by molar-refractivity contribution is 5.93. The molecule has 3 aromatic heterocycles. The molecule has 1 N–H and O–H groups in total. The molecule has 1 unspecified atom stereocenters. The van der Waals surface area contributed by atoms with E-state index in [1.165, 1.54) is 0 Å². The molecule has 0 aliphatic heterocycles. The third-order valence-corrected chi connectivity index (χ3v) is 5.29. The molecule has 2 aromatic carbocycles. The van der Waals surface area contributed by atoms with Gasteiger partial charge in [0.05, 0.1) is 17.2 Å². The molecular weight excluding hydrogens is 381 g/mol. The molecule has 0 amide bonds. The summed E-state index contributed by atoms with van der Waals surface area (Å²) in [5.41, 5.74) is 4.91. The Labute approximate surface area is 172 Å². The van der Waals surface area contributed by atoms with Gasteiger partial charge in [0, 0.05) is 41.3 Å². The van der Waals surface area contributed by atoms with Crippen LogP contribution in [0.4, 0.5) is 4.39 Å². The molecule has 0 saturated heterocycles. The number of hydrogen-bond acceptors (Lipinski definition) is 4. The van der Waals surface area contributed by atoms with Crippen LogP contribution in [0.3, 0.4) is 0 Å². The molecular formula is C23H20FN5O. The number of pyridine rings is 1. The van der Waals surface area contributed by atoms with Gasteiger partial charge in [0.15, 0.2) is 0 Å². The summed E-state index contributed by atoms with van der Waals surface area (Å²) in [6.07, 6.45) is 5.08. The number of nitrogens with zero attached hydrogens (tertiary/aromatic N) is 4. The molecule has 0 aliphatic carbocycles. The summed E-state index contributed by atoms with van der Waals surface area (Å²) in [7, 11) is 1.87. The van der Waals surface area contributed by atoms with Crippen molar-refractivity contribution in [1.82, 2.24) is 25.0 Å². The fraction of sp³-hybridized carbons (Fsp3) is 0.174. The molecule has 0 saturated carbocycles. The zero-order valence-corrected chi connectivity index (χ0v) is 16.6. The minimum absolute atomic E-state index is 0.352. The van der Waals surface area contributed by atoms with Crippen molar-refractivity contribution in [2.45, 2.75) is 19.7 Å². The number of aromatic amines is 1. The van der Waals surface area contributed by atoms with Crippen LogP contribution in [0.25, 0.3) is 33.1 Å². The molecule has 5 aromatic rings. The lowest BCUT2D eigenvalue weighted by molar-refractivity contribution is 0.226. The second-order valence-electron chi connectivity index (χ2n) is 7.28. The highest BCUT2D eigenvalue weighted by atomic mass is 19.1. The van der Waals surface area contributed by atoms with Crippen molar-refractivity contribution in [3.8, 4) is 17.0 Å².